The van der Waals surface area contributed by atoms with Crippen molar-refractivity contribution in [3.05, 3.63) is 28.2 Å². The normalized spacial score (nSPS) is 11.1. The van der Waals surface area contributed by atoms with Crippen LogP contribution in [-0.2, 0) is 9.59 Å². The molecule has 0 heterocycles. The summed E-state index contributed by atoms with van der Waals surface area (Å²) in [6, 6.07) is 5.80. The van der Waals surface area contributed by atoms with E-state index in [0.29, 0.717) is 28.4 Å². The fourth-order valence-corrected chi connectivity index (χ4v) is 1.67. The Labute approximate surface area is 145 Å². The van der Waals surface area contributed by atoms with Gasteiger partial charge in [-0.25, -0.2) is 9.59 Å². The number of carboxylic acid groups (broad SMARTS) is 2. The zero-order chi connectivity index (χ0) is 17.8. The summed E-state index contributed by atoms with van der Waals surface area (Å²) in [5.41, 5.74) is 0. The molecule has 0 aliphatic carbocycles. The quantitative estimate of drug-likeness (QED) is 0.506. The molecular formula is C15H21Cl2NO5. The molecule has 1 rings (SSSR count). The van der Waals surface area contributed by atoms with Gasteiger partial charge in [0.15, 0.2) is 0 Å². The van der Waals surface area contributed by atoms with Gasteiger partial charge in [0.1, 0.15) is 5.75 Å². The summed E-state index contributed by atoms with van der Waals surface area (Å²) >= 11 is 11.8. The van der Waals surface area contributed by atoms with Gasteiger partial charge in [-0.3, -0.25) is 0 Å². The molecule has 3 N–H and O–H groups in total. The molecule has 0 aliphatic rings. The van der Waals surface area contributed by atoms with Crippen LogP contribution in [0.2, 0.25) is 10.0 Å². The van der Waals surface area contributed by atoms with Gasteiger partial charge in [0.05, 0.1) is 11.6 Å². The first-order valence-electron chi connectivity index (χ1n) is 7.05. The molecule has 23 heavy (non-hydrogen) atoms. The first-order valence-corrected chi connectivity index (χ1v) is 7.81. The van der Waals surface area contributed by atoms with Crippen molar-refractivity contribution in [2.45, 2.75) is 32.7 Å². The standard InChI is InChI=1S/C13H19Cl2NO.C2H2O4/c1-3-10(2)16-7-4-8-17-13-9-11(14)5-6-12(13)15;3-1(4)2(5)6/h5-6,9-10,16H,3-4,7-8H2,1-2H3;(H,3,4)(H,5,6). The fraction of sp³-hybridized carbons (Fsp3) is 0.467. The third-order valence-corrected chi connectivity index (χ3v) is 3.31. The second kappa shape index (κ2) is 12.0. The van der Waals surface area contributed by atoms with E-state index in [2.05, 4.69) is 19.2 Å². The van der Waals surface area contributed by atoms with Crippen molar-refractivity contribution in [1.82, 2.24) is 5.32 Å². The summed E-state index contributed by atoms with van der Waals surface area (Å²) in [5, 5.41) is 19.4. The minimum absolute atomic E-state index is 0.560. The molecule has 8 heteroatoms. The Hall–Kier alpha value is -1.50. The maximum Gasteiger partial charge on any atom is 0.414 e. The number of benzene rings is 1. The van der Waals surface area contributed by atoms with Crippen molar-refractivity contribution in [2.75, 3.05) is 13.2 Å². The average molecular weight is 366 g/mol. The average Bonchev–Trinajstić information content (AvgIpc) is 2.50. The lowest BCUT2D eigenvalue weighted by molar-refractivity contribution is -0.159. The lowest BCUT2D eigenvalue weighted by Gasteiger charge is -2.12. The van der Waals surface area contributed by atoms with E-state index < -0.39 is 11.9 Å². The fourth-order valence-electron chi connectivity index (χ4n) is 1.33. The van der Waals surface area contributed by atoms with Crippen LogP contribution in [0.1, 0.15) is 26.7 Å². The van der Waals surface area contributed by atoms with Gasteiger partial charge < -0.3 is 20.3 Å². The van der Waals surface area contributed by atoms with Crippen molar-refractivity contribution in [2.24, 2.45) is 0 Å². The zero-order valence-electron chi connectivity index (χ0n) is 13.0. The molecule has 0 saturated heterocycles. The number of hydrogen-bond donors (Lipinski definition) is 3. The molecule has 0 aromatic heterocycles. The Bertz CT molecular complexity index is 499. The summed E-state index contributed by atoms with van der Waals surface area (Å²) in [4.78, 5) is 18.2. The van der Waals surface area contributed by atoms with Gasteiger partial charge in [-0.15, -0.1) is 0 Å². The summed E-state index contributed by atoms with van der Waals surface area (Å²) in [7, 11) is 0. The van der Waals surface area contributed by atoms with Gasteiger partial charge in [0.25, 0.3) is 0 Å². The van der Waals surface area contributed by atoms with Gasteiger partial charge in [-0.2, -0.15) is 0 Å². The van der Waals surface area contributed by atoms with E-state index >= 15 is 0 Å². The van der Waals surface area contributed by atoms with E-state index in [1.165, 1.54) is 0 Å². The highest BCUT2D eigenvalue weighted by Gasteiger charge is 2.04. The predicted octanol–water partition coefficient (Wildman–Crippen LogP) is 3.31. The number of hydrogen-bond acceptors (Lipinski definition) is 4. The smallest absolute Gasteiger partial charge is 0.414 e. The summed E-state index contributed by atoms with van der Waals surface area (Å²) in [5.74, 6) is -2.99. The number of carboxylic acids is 2. The molecule has 1 aromatic rings. The van der Waals surface area contributed by atoms with E-state index in [0.717, 1.165) is 19.4 Å². The van der Waals surface area contributed by atoms with Crippen molar-refractivity contribution >= 4 is 35.1 Å². The minimum Gasteiger partial charge on any atom is -0.492 e. The lowest BCUT2D eigenvalue weighted by Crippen LogP contribution is -2.27. The van der Waals surface area contributed by atoms with Gasteiger partial charge in [-0.1, -0.05) is 30.1 Å². The van der Waals surface area contributed by atoms with Crippen molar-refractivity contribution in [3.8, 4) is 5.75 Å². The lowest BCUT2D eigenvalue weighted by atomic mass is 10.2. The largest absolute Gasteiger partial charge is 0.492 e. The molecule has 0 radical (unpaired) electrons. The highest BCUT2D eigenvalue weighted by Crippen LogP contribution is 2.27. The van der Waals surface area contributed by atoms with Crippen molar-refractivity contribution in [1.29, 1.82) is 0 Å². The molecule has 130 valence electrons. The number of ether oxygens (including phenoxy) is 1. The number of carbonyl (C=O) groups is 2. The second-order valence-electron chi connectivity index (χ2n) is 4.65. The monoisotopic (exact) mass is 365 g/mol. The molecule has 1 atom stereocenters. The van der Waals surface area contributed by atoms with Crippen LogP contribution in [0.3, 0.4) is 0 Å². The molecule has 0 spiro atoms. The van der Waals surface area contributed by atoms with Crippen LogP contribution in [0.25, 0.3) is 0 Å². The Kier molecular flexibility index (Phi) is 11.2. The maximum atomic E-state index is 9.10. The number of halogens is 2. The van der Waals surface area contributed by atoms with Crippen LogP contribution in [0.15, 0.2) is 18.2 Å². The van der Waals surface area contributed by atoms with E-state index in [4.69, 9.17) is 47.7 Å². The first kappa shape index (κ1) is 21.5. The summed E-state index contributed by atoms with van der Waals surface area (Å²) < 4.78 is 5.58. The van der Waals surface area contributed by atoms with Gasteiger partial charge >= 0.3 is 11.9 Å². The van der Waals surface area contributed by atoms with E-state index in [1.54, 1.807) is 18.2 Å². The topological polar surface area (TPSA) is 95.9 Å². The zero-order valence-corrected chi connectivity index (χ0v) is 14.5. The van der Waals surface area contributed by atoms with Gasteiger partial charge in [-0.05, 0) is 38.4 Å². The molecule has 0 aliphatic heterocycles. The first-order chi connectivity index (χ1) is 10.8. The van der Waals surface area contributed by atoms with Crippen LogP contribution >= 0.6 is 23.2 Å². The maximum absolute atomic E-state index is 9.10. The Morgan fingerprint density at radius 1 is 1.26 bits per heavy atom. The molecule has 0 bridgehead atoms. The molecule has 1 unspecified atom stereocenters. The molecule has 0 fully saturated rings. The number of rotatable bonds is 7. The third-order valence-electron chi connectivity index (χ3n) is 2.76. The molecule has 0 saturated carbocycles. The SMILES string of the molecule is CCC(C)NCCCOc1cc(Cl)ccc1Cl.O=C(O)C(=O)O. The van der Waals surface area contributed by atoms with Crippen molar-refractivity contribution < 1.29 is 24.5 Å². The van der Waals surface area contributed by atoms with E-state index in [1.807, 2.05) is 0 Å². The van der Waals surface area contributed by atoms with Gasteiger partial charge in [0.2, 0.25) is 0 Å². The van der Waals surface area contributed by atoms with Crippen molar-refractivity contribution in [3.63, 3.8) is 0 Å². The van der Waals surface area contributed by atoms with E-state index in [-0.39, 0.29) is 0 Å². The van der Waals surface area contributed by atoms with Crippen LogP contribution < -0.4 is 10.1 Å². The number of nitrogens with one attached hydrogen (secondary N) is 1. The Morgan fingerprint density at radius 2 is 1.87 bits per heavy atom. The Balaban J connectivity index is 0.000000688. The predicted molar refractivity (Wildman–Crippen MR) is 89.6 cm³/mol. The molecule has 0 amide bonds. The van der Waals surface area contributed by atoms with Crippen LogP contribution in [0, 0.1) is 0 Å². The summed E-state index contributed by atoms with van der Waals surface area (Å²) in [6.07, 6.45) is 2.09. The highest BCUT2D eigenvalue weighted by atomic mass is 35.5. The molecule has 6 nitrogen and oxygen atoms in total. The Morgan fingerprint density at radius 3 is 2.39 bits per heavy atom. The molecule has 1 aromatic carbocycles. The van der Waals surface area contributed by atoms with Crippen LogP contribution in [-0.4, -0.2) is 41.3 Å². The minimum atomic E-state index is -1.82. The third kappa shape index (κ3) is 10.8. The summed E-state index contributed by atoms with van der Waals surface area (Å²) in [6.45, 7) is 5.94. The van der Waals surface area contributed by atoms with Crippen LogP contribution in [0.4, 0.5) is 0 Å². The molecular weight excluding hydrogens is 345 g/mol. The highest BCUT2D eigenvalue weighted by molar-refractivity contribution is 6.34. The van der Waals surface area contributed by atoms with Gasteiger partial charge in [0, 0.05) is 17.1 Å². The van der Waals surface area contributed by atoms with Crippen LogP contribution in [0.5, 0.6) is 5.75 Å². The van der Waals surface area contributed by atoms with E-state index in [9.17, 15) is 0 Å². The second-order valence-corrected chi connectivity index (χ2v) is 5.49. The number of aliphatic carboxylic acids is 2.